The molecule has 2 aliphatic heterocycles. The number of hydrogen-bond acceptors (Lipinski definition) is 7. The number of aliphatic hydroxyl groups excluding tert-OH is 2. The molecule has 8 heteroatoms. The second-order valence-electron chi connectivity index (χ2n) is 17.1. The summed E-state index contributed by atoms with van der Waals surface area (Å²) in [5.41, 5.74) is 5.96. The average Bonchev–Trinajstić information content (AvgIpc) is 3.54. The molecule has 8 rings (SSSR count). The smallest absolute Gasteiger partial charge is 0.196 e. The Bertz CT molecular complexity index is 2070. The van der Waals surface area contributed by atoms with Gasteiger partial charge in [-0.2, -0.15) is 0 Å². The summed E-state index contributed by atoms with van der Waals surface area (Å²) in [5, 5.41) is 31.3. The van der Waals surface area contributed by atoms with E-state index in [2.05, 4.69) is 49.4 Å². The molecular weight excluding hydrogens is 737 g/mol. The average molecular weight is 807 g/mol. The summed E-state index contributed by atoms with van der Waals surface area (Å²) in [7, 11) is 2.11. The van der Waals surface area contributed by atoms with Gasteiger partial charge in [0.15, 0.2) is 5.78 Å². The molecule has 1 aromatic heterocycles. The largest absolute Gasteiger partial charge is 0.508 e. The highest BCUT2D eigenvalue weighted by Crippen LogP contribution is 2.40. The van der Waals surface area contributed by atoms with E-state index in [1.807, 2.05) is 80.6 Å². The van der Waals surface area contributed by atoms with Crippen LogP contribution in [0.5, 0.6) is 11.5 Å². The number of morpholine rings is 1. The fourth-order valence-electron chi connectivity index (χ4n) is 8.54. The highest BCUT2D eigenvalue weighted by molar-refractivity contribution is 6.22. The Hall–Kier alpha value is -4.21. The number of rotatable bonds is 10. The van der Waals surface area contributed by atoms with Crippen LogP contribution in [0.4, 0.5) is 0 Å². The first-order chi connectivity index (χ1) is 28.5. The molecule has 2 fully saturated rings. The summed E-state index contributed by atoms with van der Waals surface area (Å²) in [6.07, 6.45) is 10.8. The van der Waals surface area contributed by atoms with Gasteiger partial charge in [-0.05, 0) is 91.4 Å². The zero-order valence-electron chi connectivity index (χ0n) is 36.6. The molecule has 1 saturated carbocycles. The van der Waals surface area contributed by atoms with Crippen LogP contribution in [0.1, 0.15) is 131 Å². The van der Waals surface area contributed by atoms with Gasteiger partial charge in [0.05, 0.1) is 36.9 Å². The summed E-state index contributed by atoms with van der Waals surface area (Å²) in [4.78, 5) is 15.8. The number of benzene rings is 4. The van der Waals surface area contributed by atoms with Crippen molar-refractivity contribution in [1.29, 1.82) is 0 Å². The molecule has 0 spiro atoms. The van der Waals surface area contributed by atoms with Crippen LogP contribution in [0, 0.1) is 6.92 Å². The number of hydrogen-bond donors (Lipinski definition) is 3. The number of fused-ring (bicyclic) bond motifs is 1. The van der Waals surface area contributed by atoms with Gasteiger partial charge in [-0.25, -0.2) is 0 Å². The molecule has 3 aliphatic rings. The minimum Gasteiger partial charge on any atom is -0.508 e. The number of ether oxygens (including phenoxy) is 2. The summed E-state index contributed by atoms with van der Waals surface area (Å²) in [6, 6.07) is 26.2. The van der Waals surface area contributed by atoms with Gasteiger partial charge >= 0.3 is 0 Å². The standard InChI is InChI=1S/C22H17NO2.C21H34O2.C5H11NO.C3H8O/c1-14-20(18-10-5-11-19-21(18)23(14)12-13-25-19)22(24)17-9-4-7-15-6-2-3-8-16(15)17;1-4-5-6-7-13-21(2,3)17-11-12-19(20(23)15-17)16-9-8-10-18(22)14-16;1-6-2-4-7-5-3-6;1-2-3-4/h2-11H,12-13H2,1H3;11-12,15-16,18,22-23H,4-10,13-14H2,1-3H3;2-5H2,1H3;4H,2-3H2,1H3. The lowest BCUT2D eigenvalue weighted by molar-refractivity contribution is 0.0503. The van der Waals surface area contributed by atoms with Gasteiger partial charge in [0, 0.05) is 36.3 Å². The monoisotopic (exact) mass is 807 g/mol. The van der Waals surface area contributed by atoms with Crippen LogP contribution in [0.3, 0.4) is 0 Å². The van der Waals surface area contributed by atoms with Gasteiger partial charge in [0.25, 0.3) is 0 Å². The minimum absolute atomic E-state index is 0.0806. The van der Waals surface area contributed by atoms with Crippen molar-refractivity contribution in [2.45, 2.75) is 123 Å². The molecule has 3 N–H and O–H groups in total. The van der Waals surface area contributed by atoms with Gasteiger partial charge in [-0.15, -0.1) is 0 Å². The molecule has 0 radical (unpaired) electrons. The lowest BCUT2D eigenvalue weighted by Crippen LogP contribution is -2.32. The molecule has 8 nitrogen and oxygen atoms in total. The van der Waals surface area contributed by atoms with E-state index in [1.165, 1.54) is 31.2 Å². The molecule has 0 amide bonds. The number of phenols is 1. The number of carbonyl (C=O) groups is 1. The van der Waals surface area contributed by atoms with Crippen molar-refractivity contribution in [3.05, 3.63) is 107 Å². The quantitative estimate of drug-likeness (QED) is 0.0953. The first kappa shape index (κ1) is 45.9. The van der Waals surface area contributed by atoms with Crippen molar-refractivity contribution < 1.29 is 29.6 Å². The maximum atomic E-state index is 13.5. The number of carbonyl (C=O) groups excluding carboxylic acids is 1. The van der Waals surface area contributed by atoms with Gasteiger partial charge in [0.2, 0.25) is 0 Å². The molecule has 2 unspecified atom stereocenters. The van der Waals surface area contributed by atoms with Crippen LogP contribution >= 0.6 is 0 Å². The summed E-state index contributed by atoms with van der Waals surface area (Å²) >= 11 is 0. The number of likely N-dealkylation sites (N-methyl/N-ethyl adjacent to an activating group) is 1. The molecule has 1 saturated heterocycles. The Balaban J connectivity index is 0.000000179. The SMILES string of the molecule is CCCCCCC(C)(C)c1ccc(C2CCCC(O)C2)c(O)c1.CCCO.CN1CCOCC1.Cc1c(C(=O)c2cccc3ccccc23)c2cccc3c2n1CCO3. The van der Waals surface area contributed by atoms with Crippen molar-refractivity contribution >= 4 is 27.5 Å². The molecule has 0 bridgehead atoms. The first-order valence-corrected chi connectivity index (χ1v) is 22.2. The van der Waals surface area contributed by atoms with Crippen LogP contribution in [-0.2, 0) is 16.7 Å². The predicted octanol–water partition coefficient (Wildman–Crippen LogP) is 10.7. The Labute approximate surface area is 353 Å². The number of para-hydroxylation sites is 1. The van der Waals surface area contributed by atoms with Crippen molar-refractivity contribution in [3.63, 3.8) is 0 Å². The Morgan fingerprint density at radius 2 is 1.56 bits per heavy atom. The number of aromatic nitrogens is 1. The zero-order valence-corrected chi connectivity index (χ0v) is 36.6. The first-order valence-electron chi connectivity index (χ1n) is 22.2. The number of aromatic hydroxyl groups is 1. The van der Waals surface area contributed by atoms with Gasteiger partial charge in [0.1, 0.15) is 18.1 Å². The topological polar surface area (TPSA) is 104 Å². The highest BCUT2D eigenvalue weighted by atomic mass is 16.5. The molecule has 1 aliphatic carbocycles. The third-order valence-corrected chi connectivity index (χ3v) is 12.2. The van der Waals surface area contributed by atoms with Crippen LogP contribution < -0.4 is 4.74 Å². The molecule has 320 valence electrons. The Morgan fingerprint density at radius 1 is 0.847 bits per heavy atom. The normalized spacial score (nSPS) is 17.8. The molecule has 2 atom stereocenters. The lowest BCUT2D eigenvalue weighted by atomic mass is 9.77. The maximum absolute atomic E-state index is 13.5. The summed E-state index contributed by atoms with van der Waals surface area (Å²) in [6.45, 7) is 16.5. The molecular formula is C51H70N2O6. The molecule has 5 aromatic rings. The van der Waals surface area contributed by atoms with Crippen molar-refractivity contribution in [3.8, 4) is 11.5 Å². The zero-order chi connectivity index (χ0) is 42.4. The third kappa shape index (κ3) is 12.0. The number of ketones is 1. The lowest BCUT2D eigenvalue weighted by Gasteiger charge is -2.29. The van der Waals surface area contributed by atoms with Crippen LogP contribution in [0.25, 0.3) is 21.7 Å². The van der Waals surface area contributed by atoms with E-state index in [1.54, 1.807) is 0 Å². The number of phenolic OH excluding ortho intramolecular Hbond substituents is 1. The van der Waals surface area contributed by atoms with Gasteiger partial charge in [-0.3, -0.25) is 4.79 Å². The Kier molecular flexibility index (Phi) is 17.4. The van der Waals surface area contributed by atoms with E-state index >= 15 is 0 Å². The fourth-order valence-corrected chi connectivity index (χ4v) is 8.54. The second kappa shape index (κ2) is 22.4. The fraction of sp³-hybridized carbons (Fsp3) is 0.510. The third-order valence-electron chi connectivity index (χ3n) is 12.2. The van der Waals surface area contributed by atoms with E-state index in [4.69, 9.17) is 14.6 Å². The summed E-state index contributed by atoms with van der Waals surface area (Å²) < 4.78 is 13.1. The van der Waals surface area contributed by atoms with Crippen LogP contribution in [-0.4, -0.2) is 83.2 Å². The minimum atomic E-state index is -0.206. The molecule has 59 heavy (non-hydrogen) atoms. The maximum Gasteiger partial charge on any atom is 0.196 e. The van der Waals surface area contributed by atoms with E-state index < -0.39 is 0 Å². The molecule has 3 heterocycles. The van der Waals surface area contributed by atoms with Crippen LogP contribution in [0.2, 0.25) is 0 Å². The highest BCUT2D eigenvalue weighted by Gasteiger charge is 2.27. The van der Waals surface area contributed by atoms with Crippen molar-refractivity contribution in [2.75, 3.05) is 46.6 Å². The van der Waals surface area contributed by atoms with E-state index in [-0.39, 0.29) is 17.3 Å². The van der Waals surface area contributed by atoms with Gasteiger partial charge < -0.3 is 34.3 Å². The van der Waals surface area contributed by atoms with Crippen molar-refractivity contribution in [1.82, 2.24) is 9.47 Å². The Morgan fingerprint density at radius 3 is 2.24 bits per heavy atom. The predicted molar refractivity (Wildman–Crippen MR) is 242 cm³/mol. The number of unbranched alkanes of at least 4 members (excludes halogenated alkanes) is 3. The number of aliphatic hydroxyl groups is 2. The summed E-state index contributed by atoms with van der Waals surface area (Å²) in [5.74, 6) is 1.67. The molecule has 4 aromatic carbocycles. The van der Waals surface area contributed by atoms with Crippen molar-refractivity contribution in [2.24, 2.45) is 0 Å². The van der Waals surface area contributed by atoms with Gasteiger partial charge in [-0.1, -0.05) is 127 Å². The van der Waals surface area contributed by atoms with E-state index in [0.717, 1.165) is 121 Å². The second-order valence-corrected chi connectivity index (χ2v) is 17.1. The van der Waals surface area contributed by atoms with E-state index in [0.29, 0.717) is 24.9 Å². The number of nitrogens with zero attached hydrogens (tertiary/aromatic N) is 2. The van der Waals surface area contributed by atoms with Crippen LogP contribution in [0.15, 0.2) is 78.9 Å². The van der Waals surface area contributed by atoms with E-state index in [9.17, 15) is 15.0 Å².